The van der Waals surface area contributed by atoms with Crippen molar-refractivity contribution < 1.29 is 71.9 Å². The predicted molar refractivity (Wildman–Crippen MR) is 256 cm³/mol. The van der Waals surface area contributed by atoms with Gasteiger partial charge in [-0.05, 0) is 111 Å². The number of ketones is 1. The van der Waals surface area contributed by atoms with Crippen LogP contribution in [0.15, 0.2) is 101 Å². The lowest BCUT2D eigenvalue weighted by Crippen LogP contribution is -2.54. The van der Waals surface area contributed by atoms with Gasteiger partial charge in [-0.15, -0.1) is 0 Å². The van der Waals surface area contributed by atoms with Crippen LogP contribution >= 0.6 is 0 Å². The molecule has 4 aromatic rings. The number of aryl methyl sites for hydroxylation is 1. The Kier molecular flexibility index (Phi) is 19.1. The molecule has 6 rings (SSSR count). The lowest BCUT2D eigenvalue weighted by Gasteiger charge is -2.33. The standard InChI is InChI=1S/C25H28F3N3O5S.C25H27F3N2O5S/c1-15-7-10-17(25(26,27)28)13-19(15)24(34)29-14-22(32)30-20-5-3-4-6-21(20)31-23(33)16-8-11-18(12-9-16)37(2,35)36;1-36(34,35)19-11-9-16(10-12-19)24(33)30-21-8-3-2-7-20(21)29-23(32)14-13-22(31)17-5-4-6-18(15-17)25(26,27)28/h7-13,20-21H,3-6,14H2,1-2H3,(H,29,34)(H,30,32)(H,31,33);4-6,9-12,15,20-21H,2-3,7-8,13-14H2,1H3,(H,29,32)(H,30,33)/t2*20-,21+/m00/s1. The summed E-state index contributed by atoms with van der Waals surface area (Å²) in [5.74, 6) is -3.16. The van der Waals surface area contributed by atoms with Crippen LogP contribution in [0.25, 0.3) is 0 Å². The highest BCUT2D eigenvalue weighted by Crippen LogP contribution is 2.31. The summed E-state index contributed by atoms with van der Waals surface area (Å²) in [6, 6.07) is 16.4. The minimum absolute atomic E-state index is 0.0919. The van der Waals surface area contributed by atoms with Crippen molar-refractivity contribution in [2.24, 2.45) is 0 Å². The van der Waals surface area contributed by atoms with Crippen LogP contribution in [0.1, 0.15) is 122 Å². The topological polar surface area (TPSA) is 231 Å². The first kappa shape index (κ1) is 57.3. The van der Waals surface area contributed by atoms with E-state index < -0.39 is 91.1 Å². The third kappa shape index (κ3) is 17.0. The molecule has 2 aliphatic rings. The van der Waals surface area contributed by atoms with E-state index in [9.17, 15) is 71.9 Å². The molecule has 5 amide bonds. The van der Waals surface area contributed by atoms with Gasteiger partial charge in [-0.3, -0.25) is 28.8 Å². The zero-order valence-corrected chi connectivity index (χ0v) is 41.5. The molecule has 0 bridgehead atoms. The summed E-state index contributed by atoms with van der Waals surface area (Å²) < 4.78 is 124. The fourth-order valence-corrected chi connectivity index (χ4v) is 9.50. The van der Waals surface area contributed by atoms with Crippen LogP contribution in [0.5, 0.6) is 0 Å². The molecule has 0 radical (unpaired) electrons. The van der Waals surface area contributed by atoms with Gasteiger partial charge in [-0.1, -0.05) is 43.9 Å². The predicted octanol–water partition coefficient (Wildman–Crippen LogP) is 6.93. The fourth-order valence-electron chi connectivity index (χ4n) is 8.24. The van der Waals surface area contributed by atoms with Crippen LogP contribution in [-0.4, -0.2) is 95.4 Å². The number of hydrogen-bond donors (Lipinski definition) is 5. The van der Waals surface area contributed by atoms with E-state index in [2.05, 4.69) is 26.6 Å². The van der Waals surface area contributed by atoms with E-state index in [0.29, 0.717) is 31.2 Å². The van der Waals surface area contributed by atoms with Crippen molar-refractivity contribution in [1.82, 2.24) is 26.6 Å². The largest absolute Gasteiger partial charge is 0.416 e. The van der Waals surface area contributed by atoms with Crippen LogP contribution in [0, 0.1) is 6.92 Å². The zero-order valence-electron chi connectivity index (χ0n) is 39.9. The first-order chi connectivity index (χ1) is 34.1. The molecule has 0 unspecified atom stereocenters. The summed E-state index contributed by atoms with van der Waals surface area (Å²) >= 11 is 0. The third-order valence-electron chi connectivity index (χ3n) is 12.3. The Bertz CT molecular complexity index is 2900. The Hall–Kier alpha value is -6.62. The SMILES string of the molecule is CS(=O)(=O)c1ccc(C(=O)N[C@@H]2CCCC[C@@H]2NC(=O)CCC(=O)c2cccc(C(F)(F)F)c2)cc1.Cc1ccc(C(F)(F)F)cc1C(=O)NCC(=O)N[C@H]1CCCC[C@H]1NC(=O)c1ccc(S(C)(=O)=O)cc1. The zero-order chi connectivity index (χ0) is 53.9. The number of Topliss-reactive ketones (excluding diaryl/α,β-unsaturated/α-hetero) is 1. The Morgan fingerprint density at radius 1 is 0.507 bits per heavy atom. The summed E-state index contributed by atoms with van der Waals surface area (Å²) in [4.78, 5) is 75.3. The molecule has 0 aromatic heterocycles. The molecule has 4 atom stereocenters. The van der Waals surface area contributed by atoms with Gasteiger partial charge in [0.05, 0.1) is 27.5 Å². The highest BCUT2D eigenvalue weighted by Gasteiger charge is 2.34. The second kappa shape index (κ2) is 24.4. The molecular weight excluding hydrogens is 1010 g/mol. The van der Waals surface area contributed by atoms with Gasteiger partial charge < -0.3 is 26.6 Å². The van der Waals surface area contributed by atoms with Crippen LogP contribution in [0.4, 0.5) is 26.3 Å². The van der Waals surface area contributed by atoms with E-state index >= 15 is 0 Å². The van der Waals surface area contributed by atoms with Crippen LogP contribution in [0.3, 0.4) is 0 Å². The average Bonchev–Trinajstić information content (AvgIpc) is 3.33. The molecular formula is C50H55F6N5O10S2. The van der Waals surface area contributed by atoms with Gasteiger partial charge in [0, 0.05) is 71.8 Å². The van der Waals surface area contributed by atoms with Crippen molar-refractivity contribution in [2.45, 2.75) is 117 Å². The summed E-state index contributed by atoms with van der Waals surface area (Å²) in [6.45, 7) is 1.05. The van der Waals surface area contributed by atoms with Gasteiger partial charge in [-0.25, -0.2) is 16.8 Å². The first-order valence-electron chi connectivity index (χ1n) is 23.1. The van der Waals surface area contributed by atoms with Gasteiger partial charge in [-0.2, -0.15) is 26.3 Å². The number of carbonyl (C=O) groups excluding carboxylic acids is 6. The van der Waals surface area contributed by atoms with Crippen LogP contribution in [0.2, 0.25) is 0 Å². The molecule has 73 heavy (non-hydrogen) atoms. The Labute approximate surface area is 418 Å². The number of amides is 5. The van der Waals surface area contributed by atoms with Crippen molar-refractivity contribution in [1.29, 1.82) is 0 Å². The molecule has 23 heteroatoms. The van der Waals surface area contributed by atoms with Gasteiger partial charge in [0.2, 0.25) is 11.8 Å². The molecule has 2 fully saturated rings. The molecule has 4 aromatic carbocycles. The highest BCUT2D eigenvalue weighted by molar-refractivity contribution is 7.91. The molecule has 394 valence electrons. The Morgan fingerprint density at radius 3 is 1.37 bits per heavy atom. The number of alkyl halides is 6. The maximum atomic E-state index is 13.0. The smallest absolute Gasteiger partial charge is 0.351 e. The highest BCUT2D eigenvalue weighted by atomic mass is 32.2. The lowest BCUT2D eigenvalue weighted by molar-refractivity contribution is -0.138. The van der Waals surface area contributed by atoms with E-state index in [1.54, 1.807) is 0 Å². The molecule has 0 saturated heterocycles. The molecule has 2 aliphatic carbocycles. The molecule has 2 saturated carbocycles. The number of nitrogens with one attached hydrogen (secondary N) is 5. The van der Waals surface area contributed by atoms with E-state index in [1.807, 2.05) is 0 Å². The number of benzene rings is 4. The second-order valence-corrected chi connectivity index (χ2v) is 21.9. The monoisotopic (exact) mass is 1060 g/mol. The van der Waals surface area contributed by atoms with Crippen LogP contribution < -0.4 is 26.6 Å². The molecule has 5 N–H and O–H groups in total. The van der Waals surface area contributed by atoms with E-state index in [4.69, 9.17) is 0 Å². The van der Waals surface area contributed by atoms with Gasteiger partial charge in [0.25, 0.3) is 17.7 Å². The quantitative estimate of drug-likeness (QED) is 0.0609. The van der Waals surface area contributed by atoms with Crippen molar-refractivity contribution in [3.05, 3.63) is 130 Å². The van der Waals surface area contributed by atoms with Crippen molar-refractivity contribution >= 4 is 55.0 Å². The van der Waals surface area contributed by atoms with E-state index in [1.165, 1.54) is 67.6 Å². The maximum absolute atomic E-state index is 13.0. The second-order valence-electron chi connectivity index (χ2n) is 17.9. The maximum Gasteiger partial charge on any atom is 0.416 e. The molecule has 15 nitrogen and oxygen atoms in total. The number of hydrogen-bond acceptors (Lipinski definition) is 10. The van der Waals surface area contributed by atoms with Gasteiger partial charge in [0.15, 0.2) is 25.5 Å². The normalized spacial score (nSPS) is 18.2. The average molecular weight is 1060 g/mol. The molecule has 0 heterocycles. The number of sulfone groups is 2. The summed E-state index contributed by atoms with van der Waals surface area (Å²) in [5, 5.41) is 13.7. The van der Waals surface area contributed by atoms with Crippen molar-refractivity contribution in [2.75, 3.05) is 19.1 Å². The van der Waals surface area contributed by atoms with Crippen LogP contribution in [-0.2, 0) is 41.6 Å². The molecule has 0 spiro atoms. The number of carbonyl (C=O) groups is 6. The minimum Gasteiger partial charge on any atom is -0.351 e. The Morgan fingerprint density at radius 2 is 0.932 bits per heavy atom. The van der Waals surface area contributed by atoms with E-state index in [-0.39, 0.29) is 63.0 Å². The third-order valence-corrected chi connectivity index (χ3v) is 14.5. The van der Waals surface area contributed by atoms with Gasteiger partial charge in [0.1, 0.15) is 0 Å². The van der Waals surface area contributed by atoms with Crippen molar-refractivity contribution in [3.8, 4) is 0 Å². The Balaban J connectivity index is 0.000000271. The fraction of sp³-hybridized carbons (Fsp3) is 0.400. The number of halogens is 6. The summed E-state index contributed by atoms with van der Waals surface area (Å²) in [7, 11) is -6.78. The summed E-state index contributed by atoms with van der Waals surface area (Å²) in [5.41, 5.74) is -1.28. The summed E-state index contributed by atoms with van der Waals surface area (Å²) in [6.07, 6.45) is -1.70. The number of rotatable bonds is 15. The van der Waals surface area contributed by atoms with E-state index in [0.717, 1.165) is 68.5 Å². The molecule has 0 aliphatic heterocycles. The van der Waals surface area contributed by atoms with Gasteiger partial charge >= 0.3 is 12.4 Å². The first-order valence-corrected chi connectivity index (χ1v) is 26.9. The minimum atomic E-state index is -4.60. The lowest BCUT2D eigenvalue weighted by atomic mass is 9.89. The van der Waals surface area contributed by atoms with Crippen molar-refractivity contribution in [3.63, 3.8) is 0 Å².